The zero-order valence-electron chi connectivity index (χ0n) is 7.92. The molecule has 1 aromatic rings. The van der Waals surface area contributed by atoms with Crippen molar-refractivity contribution in [1.82, 2.24) is 9.55 Å². The first-order valence-corrected chi connectivity index (χ1v) is 4.90. The fourth-order valence-electron chi connectivity index (χ4n) is 1.82. The van der Waals surface area contributed by atoms with Crippen molar-refractivity contribution >= 4 is 5.78 Å². The molecule has 0 unspecified atom stereocenters. The van der Waals surface area contributed by atoms with E-state index in [-0.39, 0.29) is 5.78 Å². The molecule has 0 radical (unpaired) electrons. The maximum absolute atomic E-state index is 11.5. The molecule has 0 fully saturated rings. The Bertz CT molecular complexity index is 328. The second-order valence-corrected chi connectivity index (χ2v) is 3.45. The average molecular weight is 178 g/mol. The topological polar surface area (TPSA) is 34.9 Å². The lowest BCUT2D eigenvalue weighted by molar-refractivity contribution is 0.0978. The van der Waals surface area contributed by atoms with Crippen LogP contribution in [0.3, 0.4) is 0 Å². The molecule has 2 rings (SSSR count). The summed E-state index contributed by atoms with van der Waals surface area (Å²) in [4.78, 5) is 15.8. The van der Waals surface area contributed by atoms with Crippen molar-refractivity contribution in [3.8, 4) is 0 Å². The maximum Gasteiger partial charge on any atom is 0.180 e. The van der Waals surface area contributed by atoms with Crippen LogP contribution >= 0.6 is 0 Å². The van der Waals surface area contributed by atoms with E-state index >= 15 is 0 Å². The van der Waals surface area contributed by atoms with Crippen molar-refractivity contribution < 1.29 is 4.79 Å². The van der Waals surface area contributed by atoms with E-state index in [0.717, 1.165) is 24.5 Å². The summed E-state index contributed by atoms with van der Waals surface area (Å²) < 4.78 is 2.08. The monoisotopic (exact) mass is 178 g/mol. The van der Waals surface area contributed by atoms with Gasteiger partial charge in [-0.1, -0.05) is 6.92 Å². The number of aromatic nitrogens is 2. The van der Waals surface area contributed by atoms with Crippen molar-refractivity contribution in [1.29, 1.82) is 0 Å². The Morgan fingerprint density at radius 3 is 3.23 bits per heavy atom. The van der Waals surface area contributed by atoms with Gasteiger partial charge in [0.15, 0.2) is 5.78 Å². The molecule has 3 nitrogen and oxygen atoms in total. The number of imidazole rings is 1. The van der Waals surface area contributed by atoms with Crippen molar-refractivity contribution in [3.63, 3.8) is 0 Å². The fraction of sp³-hybridized carbons (Fsp3) is 0.600. The Labute approximate surface area is 77.8 Å². The van der Waals surface area contributed by atoms with Crippen molar-refractivity contribution in [3.05, 3.63) is 17.7 Å². The molecule has 3 heteroatoms. The van der Waals surface area contributed by atoms with E-state index in [0.29, 0.717) is 6.42 Å². The highest BCUT2D eigenvalue weighted by Gasteiger charge is 2.17. The molecule has 0 spiro atoms. The number of fused-ring (bicyclic) bond motifs is 1. The largest absolute Gasteiger partial charge is 0.326 e. The van der Waals surface area contributed by atoms with E-state index in [9.17, 15) is 4.79 Å². The number of Topliss-reactive ketones (excluding diaryl/α,β-unsaturated/α-hetero) is 1. The van der Waals surface area contributed by atoms with E-state index in [1.54, 1.807) is 6.20 Å². The number of aryl methyl sites for hydroxylation is 1. The van der Waals surface area contributed by atoms with Gasteiger partial charge < -0.3 is 4.57 Å². The lowest BCUT2D eigenvalue weighted by Gasteiger charge is -2.15. The van der Waals surface area contributed by atoms with Crippen LogP contribution in [0.15, 0.2) is 6.20 Å². The first-order chi connectivity index (χ1) is 6.33. The maximum atomic E-state index is 11.5. The van der Waals surface area contributed by atoms with Crippen molar-refractivity contribution in [2.45, 2.75) is 39.2 Å². The van der Waals surface area contributed by atoms with Gasteiger partial charge in [0.2, 0.25) is 0 Å². The summed E-state index contributed by atoms with van der Waals surface area (Å²) in [6.07, 6.45) is 5.71. The predicted octanol–water partition coefficient (Wildman–Crippen LogP) is 1.81. The molecular formula is C10H14N2O. The van der Waals surface area contributed by atoms with E-state index in [4.69, 9.17) is 0 Å². The molecule has 0 saturated heterocycles. The Hall–Kier alpha value is -1.12. The molecule has 0 N–H and O–H groups in total. The summed E-state index contributed by atoms with van der Waals surface area (Å²) in [6, 6.07) is 0. The second kappa shape index (κ2) is 3.32. The first kappa shape index (κ1) is 8.48. The molecule has 1 aliphatic heterocycles. The van der Waals surface area contributed by atoms with E-state index in [2.05, 4.69) is 9.55 Å². The van der Waals surface area contributed by atoms with Crippen LogP contribution in [0.25, 0.3) is 0 Å². The molecule has 0 bridgehead atoms. The minimum atomic E-state index is 0.209. The number of rotatable bonds is 2. The standard InChI is InChI=1S/C10H14N2O/c1-2-9(13)8-7-11-10-5-3-4-6-12(8)10/h7H,2-6H2,1H3. The summed E-state index contributed by atoms with van der Waals surface area (Å²) >= 11 is 0. The number of carbonyl (C=O) groups excluding carboxylic acids is 1. The van der Waals surface area contributed by atoms with Crippen LogP contribution in [0, 0.1) is 0 Å². The minimum absolute atomic E-state index is 0.209. The number of hydrogen-bond donors (Lipinski definition) is 0. The SMILES string of the molecule is CCC(=O)c1cnc2n1CCCC2. The normalized spacial score (nSPS) is 15.5. The number of nitrogens with zero attached hydrogens (tertiary/aromatic N) is 2. The minimum Gasteiger partial charge on any atom is -0.326 e. The predicted molar refractivity (Wildman–Crippen MR) is 49.8 cm³/mol. The smallest absolute Gasteiger partial charge is 0.180 e. The van der Waals surface area contributed by atoms with Gasteiger partial charge in [0.25, 0.3) is 0 Å². The van der Waals surface area contributed by atoms with E-state index in [1.807, 2.05) is 6.92 Å². The van der Waals surface area contributed by atoms with Gasteiger partial charge in [0, 0.05) is 19.4 Å². The van der Waals surface area contributed by atoms with Gasteiger partial charge in [-0.25, -0.2) is 4.98 Å². The van der Waals surface area contributed by atoms with Gasteiger partial charge in [-0.2, -0.15) is 0 Å². The average Bonchev–Trinajstić information content (AvgIpc) is 2.60. The van der Waals surface area contributed by atoms with Gasteiger partial charge in [-0.05, 0) is 12.8 Å². The molecular weight excluding hydrogens is 164 g/mol. The van der Waals surface area contributed by atoms with E-state index in [1.165, 1.54) is 12.8 Å². The highest BCUT2D eigenvalue weighted by Crippen LogP contribution is 2.16. The lowest BCUT2D eigenvalue weighted by Crippen LogP contribution is -2.15. The molecule has 1 aromatic heterocycles. The lowest BCUT2D eigenvalue weighted by atomic mass is 10.1. The van der Waals surface area contributed by atoms with Crippen LogP contribution < -0.4 is 0 Å². The number of carbonyl (C=O) groups is 1. The van der Waals surface area contributed by atoms with Gasteiger partial charge in [-0.3, -0.25) is 4.79 Å². The van der Waals surface area contributed by atoms with Crippen LogP contribution in [0.4, 0.5) is 0 Å². The second-order valence-electron chi connectivity index (χ2n) is 3.45. The Kier molecular flexibility index (Phi) is 2.17. The van der Waals surface area contributed by atoms with Gasteiger partial charge in [0.05, 0.1) is 6.20 Å². The zero-order valence-corrected chi connectivity index (χ0v) is 7.92. The number of hydrogen-bond acceptors (Lipinski definition) is 2. The van der Waals surface area contributed by atoms with Crippen LogP contribution in [-0.4, -0.2) is 15.3 Å². The fourth-order valence-corrected chi connectivity index (χ4v) is 1.82. The molecule has 0 aromatic carbocycles. The Balaban J connectivity index is 2.36. The van der Waals surface area contributed by atoms with E-state index < -0.39 is 0 Å². The number of ketones is 1. The van der Waals surface area contributed by atoms with Gasteiger partial charge in [0.1, 0.15) is 11.5 Å². The molecule has 0 amide bonds. The van der Waals surface area contributed by atoms with Gasteiger partial charge in [-0.15, -0.1) is 0 Å². The third kappa shape index (κ3) is 1.39. The highest BCUT2D eigenvalue weighted by atomic mass is 16.1. The van der Waals surface area contributed by atoms with Gasteiger partial charge >= 0.3 is 0 Å². The summed E-state index contributed by atoms with van der Waals surface area (Å²) in [6.45, 7) is 2.86. The molecule has 13 heavy (non-hydrogen) atoms. The molecule has 1 aliphatic rings. The van der Waals surface area contributed by atoms with Crippen molar-refractivity contribution in [2.75, 3.05) is 0 Å². The zero-order chi connectivity index (χ0) is 9.26. The molecule has 0 atom stereocenters. The molecule has 0 saturated carbocycles. The quantitative estimate of drug-likeness (QED) is 0.647. The summed E-state index contributed by atoms with van der Waals surface area (Å²) in [7, 11) is 0. The molecule has 0 aliphatic carbocycles. The van der Waals surface area contributed by atoms with Crippen LogP contribution in [0.1, 0.15) is 42.5 Å². The summed E-state index contributed by atoms with van der Waals surface area (Å²) in [5, 5.41) is 0. The third-order valence-electron chi connectivity index (χ3n) is 2.58. The Morgan fingerprint density at radius 1 is 1.62 bits per heavy atom. The van der Waals surface area contributed by atoms with Crippen LogP contribution in [0.2, 0.25) is 0 Å². The third-order valence-corrected chi connectivity index (χ3v) is 2.58. The molecule has 2 heterocycles. The summed E-state index contributed by atoms with van der Waals surface area (Å²) in [5.41, 5.74) is 0.803. The Morgan fingerprint density at radius 2 is 2.46 bits per heavy atom. The van der Waals surface area contributed by atoms with Crippen molar-refractivity contribution in [2.24, 2.45) is 0 Å². The molecule has 70 valence electrons. The van der Waals surface area contributed by atoms with Crippen LogP contribution in [-0.2, 0) is 13.0 Å². The first-order valence-electron chi connectivity index (χ1n) is 4.90. The summed E-state index contributed by atoms with van der Waals surface area (Å²) in [5.74, 6) is 1.30. The van der Waals surface area contributed by atoms with Crippen LogP contribution in [0.5, 0.6) is 0 Å². The highest BCUT2D eigenvalue weighted by molar-refractivity contribution is 5.94.